The van der Waals surface area contributed by atoms with Gasteiger partial charge >= 0.3 is 5.97 Å². The number of nitrogen functional groups attached to an aromatic ring is 1. The number of benzene rings is 1. The highest BCUT2D eigenvalue weighted by Crippen LogP contribution is 2.25. The molecule has 7 heteroatoms. The fourth-order valence-electron chi connectivity index (χ4n) is 1.82. The summed E-state index contributed by atoms with van der Waals surface area (Å²) in [5, 5.41) is 13.8. The van der Waals surface area contributed by atoms with E-state index < -0.39 is 5.97 Å². The van der Waals surface area contributed by atoms with Crippen molar-refractivity contribution in [1.29, 1.82) is 0 Å². The monoisotopic (exact) mass is 295 g/mol. The van der Waals surface area contributed by atoms with E-state index in [1.807, 2.05) is 0 Å². The van der Waals surface area contributed by atoms with Crippen molar-refractivity contribution in [3.8, 4) is 5.75 Å². The summed E-state index contributed by atoms with van der Waals surface area (Å²) in [6.07, 6.45) is 0. The van der Waals surface area contributed by atoms with Gasteiger partial charge in [-0.15, -0.1) is 0 Å². The maximum Gasteiger partial charge on any atom is 0.339 e. The van der Waals surface area contributed by atoms with Crippen LogP contribution in [0, 0.1) is 6.92 Å². The van der Waals surface area contributed by atoms with Crippen molar-refractivity contribution in [2.24, 2.45) is 7.05 Å². The number of hydrogen-bond acceptors (Lipinski definition) is 4. The highest BCUT2D eigenvalue weighted by atomic mass is 35.5. The molecule has 0 saturated heterocycles. The van der Waals surface area contributed by atoms with Gasteiger partial charge in [-0.3, -0.25) is 4.68 Å². The molecule has 2 rings (SSSR count). The van der Waals surface area contributed by atoms with Crippen LogP contribution < -0.4 is 10.5 Å². The number of anilines is 1. The molecule has 3 N–H and O–H groups in total. The van der Waals surface area contributed by atoms with Gasteiger partial charge in [-0.2, -0.15) is 5.10 Å². The normalized spacial score (nSPS) is 10.6. The zero-order chi connectivity index (χ0) is 14.9. The molecular formula is C13H14ClN3O3. The lowest BCUT2D eigenvalue weighted by atomic mass is 10.2. The number of aryl methyl sites for hydroxylation is 2. The van der Waals surface area contributed by atoms with E-state index in [4.69, 9.17) is 27.2 Å². The van der Waals surface area contributed by atoms with Crippen LogP contribution in [0.15, 0.2) is 18.2 Å². The third-order valence-corrected chi connectivity index (χ3v) is 3.35. The molecule has 0 fully saturated rings. The quantitative estimate of drug-likeness (QED) is 0.844. The first-order valence-electron chi connectivity index (χ1n) is 5.83. The first kappa shape index (κ1) is 14.2. The van der Waals surface area contributed by atoms with Gasteiger partial charge in [0.05, 0.1) is 16.4 Å². The molecule has 0 aliphatic heterocycles. The summed E-state index contributed by atoms with van der Waals surface area (Å²) in [6, 6.07) is 4.46. The van der Waals surface area contributed by atoms with Crippen molar-refractivity contribution < 1.29 is 14.6 Å². The predicted octanol–water partition coefficient (Wildman–Crippen LogP) is 2.24. The SMILES string of the molecule is Cc1nn(C)c(COc2ccc(N)cc2C(=O)O)c1Cl. The van der Waals surface area contributed by atoms with Crippen molar-refractivity contribution in [3.05, 3.63) is 40.2 Å². The maximum absolute atomic E-state index is 11.1. The van der Waals surface area contributed by atoms with Crippen molar-refractivity contribution in [2.75, 3.05) is 5.73 Å². The number of hydrogen-bond donors (Lipinski definition) is 2. The van der Waals surface area contributed by atoms with E-state index in [-0.39, 0.29) is 17.9 Å². The molecule has 20 heavy (non-hydrogen) atoms. The lowest BCUT2D eigenvalue weighted by Crippen LogP contribution is -2.07. The molecule has 0 saturated carbocycles. The molecule has 0 unspecified atom stereocenters. The molecule has 0 spiro atoms. The van der Waals surface area contributed by atoms with Crippen molar-refractivity contribution in [2.45, 2.75) is 13.5 Å². The Kier molecular flexibility index (Phi) is 3.85. The zero-order valence-electron chi connectivity index (χ0n) is 11.1. The van der Waals surface area contributed by atoms with Gasteiger partial charge in [-0.25, -0.2) is 4.79 Å². The number of carbonyl (C=O) groups is 1. The minimum absolute atomic E-state index is 0.0139. The number of nitrogens with two attached hydrogens (primary N) is 1. The first-order valence-corrected chi connectivity index (χ1v) is 6.21. The molecule has 1 heterocycles. The lowest BCUT2D eigenvalue weighted by molar-refractivity contribution is 0.0691. The Morgan fingerprint density at radius 1 is 1.55 bits per heavy atom. The minimum Gasteiger partial charge on any atom is -0.486 e. The third kappa shape index (κ3) is 2.70. The van der Waals surface area contributed by atoms with E-state index in [1.54, 1.807) is 24.7 Å². The second-order valence-electron chi connectivity index (χ2n) is 4.32. The average Bonchev–Trinajstić information content (AvgIpc) is 2.62. The van der Waals surface area contributed by atoms with Crippen molar-refractivity contribution in [1.82, 2.24) is 9.78 Å². The molecule has 1 aromatic carbocycles. The van der Waals surface area contributed by atoms with Crippen LogP contribution in [-0.2, 0) is 13.7 Å². The number of nitrogens with zero attached hydrogens (tertiary/aromatic N) is 2. The number of ether oxygens (including phenoxy) is 1. The molecule has 106 valence electrons. The minimum atomic E-state index is -1.10. The Labute approximate surface area is 120 Å². The van der Waals surface area contributed by atoms with Gasteiger partial charge in [0, 0.05) is 12.7 Å². The Morgan fingerprint density at radius 3 is 2.80 bits per heavy atom. The summed E-state index contributed by atoms with van der Waals surface area (Å²) in [6.45, 7) is 1.91. The number of aromatic nitrogens is 2. The predicted molar refractivity (Wildman–Crippen MR) is 75.1 cm³/mol. The highest BCUT2D eigenvalue weighted by Gasteiger charge is 2.15. The second-order valence-corrected chi connectivity index (χ2v) is 4.70. The smallest absolute Gasteiger partial charge is 0.339 e. The number of carboxylic acid groups (broad SMARTS) is 1. The summed E-state index contributed by atoms with van der Waals surface area (Å²) in [5.41, 5.74) is 7.32. The summed E-state index contributed by atoms with van der Waals surface area (Å²) < 4.78 is 7.14. The Bertz CT molecular complexity index is 667. The van der Waals surface area contributed by atoms with Gasteiger partial charge in [0.25, 0.3) is 0 Å². The van der Waals surface area contributed by atoms with Gasteiger partial charge in [0.1, 0.15) is 17.9 Å². The van der Waals surface area contributed by atoms with Gasteiger partial charge in [0.2, 0.25) is 0 Å². The second kappa shape index (κ2) is 5.42. The molecule has 0 radical (unpaired) electrons. The van der Waals surface area contributed by atoms with Gasteiger partial charge in [0.15, 0.2) is 0 Å². The first-order chi connectivity index (χ1) is 9.40. The number of aromatic carboxylic acids is 1. The van der Waals surface area contributed by atoms with Crippen LogP contribution in [0.25, 0.3) is 0 Å². The summed E-state index contributed by atoms with van der Waals surface area (Å²) in [4.78, 5) is 11.1. The fraction of sp³-hybridized carbons (Fsp3) is 0.231. The fourth-order valence-corrected chi connectivity index (χ4v) is 2.04. The van der Waals surface area contributed by atoms with Gasteiger partial charge in [-0.05, 0) is 25.1 Å². The largest absolute Gasteiger partial charge is 0.486 e. The van der Waals surface area contributed by atoms with E-state index in [9.17, 15) is 4.79 Å². The van der Waals surface area contributed by atoms with E-state index in [0.717, 1.165) is 0 Å². The molecular weight excluding hydrogens is 282 g/mol. The Morgan fingerprint density at radius 2 is 2.25 bits per heavy atom. The van der Waals surface area contributed by atoms with Crippen LogP contribution in [0.2, 0.25) is 5.02 Å². The number of carboxylic acids is 1. The van der Waals surface area contributed by atoms with Gasteiger partial charge in [-0.1, -0.05) is 11.6 Å². The molecule has 0 bridgehead atoms. The van der Waals surface area contributed by atoms with E-state index in [1.165, 1.54) is 12.1 Å². The maximum atomic E-state index is 11.1. The van der Waals surface area contributed by atoms with Crippen molar-refractivity contribution in [3.63, 3.8) is 0 Å². The lowest BCUT2D eigenvalue weighted by Gasteiger charge is -2.10. The van der Waals surface area contributed by atoms with E-state index in [0.29, 0.717) is 22.1 Å². The highest BCUT2D eigenvalue weighted by molar-refractivity contribution is 6.31. The third-order valence-electron chi connectivity index (χ3n) is 2.86. The molecule has 0 amide bonds. The standard InChI is InChI=1S/C13H14ClN3O3/c1-7-12(14)10(17(2)16-7)6-20-11-4-3-8(15)5-9(11)13(18)19/h3-5H,6,15H2,1-2H3,(H,18,19). The molecule has 1 aromatic heterocycles. The average molecular weight is 296 g/mol. The molecule has 0 aliphatic carbocycles. The molecule has 6 nitrogen and oxygen atoms in total. The molecule has 2 aromatic rings. The summed E-state index contributed by atoms with van der Waals surface area (Å²) in [7, 11) is 1.75. The van der Waals surface area contributed by atoms with Crippen LogP contribution in [0.5, 0.6) is 5.75 Å². The number of rotatable bonds is 4. The number of halogens is 1. The Balaban J connectivity index is 2.25. The van der Waals surface area contributed by atoms with Gasteiger partial charge < -0.3 is 15.6 Å². The molecule has 0 aliphatic rings. The topological polar surface area (TPSA) is 90.4 Å². The van der Waals surface area contributed by atoms with Crippen molar-refractivity contribution >= 4 is 23.3 Å². The zero-order valence-corrected chi connectivity index (χ0v) is 11.8. The summed E-state index contributed by atoms with van der Waals surface area (Å²) in [5.74, 6) is -0.860. The van der Waals surface area contributed by atoms with E-state index >= 15 is 0 Å². The Hall–Kier alpha value is -2.21. The van der Waals surface area contributed by atoms with Crippen LogP contribution in [-0.4, -0.2) is 20.9 Å². The summed E-state index contributed by atoms with van der Waals surface area (Å²) >= 11 is 6.11. The van der Waals surface area contributed by atoms with Crippen LogP contribution in [0.3, 0.4) is 0 Å². The van der Waals surface area contributed by atoms with Crippen LogP contribution in [0.1, 0.15) is 21.7 Å². The van der Waals surface area contributed by atoms with Crippen LogP contribution >= 0.6 is 11.6 Å². The molecule has 0 atom stereocenters. The van der Waals surface area contributed by atoms with E-state index in [2.05, 4.69) is 5.10 Å². The van der Waals surface area contributed by atoms with Crippen LogP contribution in [0.4, 0.5) is 5.69 Å².